The molecule has 0 aromatic heterocycles. The Kier molecular flexibility index (Phi) is 1.81. The van der Waals surface area contributed by atoms with Crippen LogP contribution in [0.5, 0.6) is 0 Å². The maximum Gasteiger partial charge on any atom is 0.0279 e. The lowest BCUT2D eigenvalue weighted by Crippen LogP contribution is -2.29. The molecule has 1 saturated carbocycles. The molecule has 0 amide bonds. The van der Waals surface area contributed by atoms with Crippen molar-refractivity contribution in [1.29, 1.82) is 0 Å². The van der Waals surface area contributed by atoms with Gasteiger partial charge in [-0.05, 0) is 24.7 Å². The highest BCUT2D eigenvalue weighted by Crippen LogP contribution is 2.44. The van der Waals surface area contributed by atoms with Gasteiger partial charge < -0.3 is 0 Å². The zero-order valence-electron chi connectivity index (χ0n) is 5.41. The third kappa shape index (κ3) is 0.862. The fraction of sp³-hybridized carbons (Fsp3) is 1.00. The molecule has 0 aromatic rings. The zero-order valence-corrected chi connectivity index (χ0v) is 6.17. The van der Waals surface area contributed by atoms with E-state index in [1.807, 2.05) is 0 Å². The van der Waals surface area contributed by atoms with Gasteiger partial charge in [0.25, 0.3) is 0 Å². The molecule has 0 nitrogen and oxygen atoms in total. The van der Waals surface area contributed by atoms with Crippen molar-refractivity contribution in [2.45, 2.75) is 32.6 Å². The lowest BCUT2D eigenvalue weighted by atomic mass is 9.69. The van der Waals surface area contributed by atoms with E-state index in [1.54, 1.807) is 0 Å². The van der Waals surface area contributed by atoms with Crippen molar-refractivity contribution in [2.75, 3.05) is 5.88 Å². The van der Waals surface area contributed by atoms with Gasteiger partial charge in [0.15, 0.2) is 0 Å². The second-order valence-electron chi connectivity index (χ2n) is 2.84. The molecule has 0 aromatic carbocycles. The molecule has 0 atom stereocenters. The van der Waals surface area contributed by atoms with E-state index >= 15 is 0 Å². The van der Waals surface area contributed by atoms with Crippen LogP contribution in [0.25, 0.3) is 0 Å². The summed E-state index contributed by atoms with van der Waals surface area (Å²) in [4.78, 5) is 0. The Labute approximate surface area is 56.2 Å². The van der Waals surface area contributed by atoms with Crippen LogP contribution < -0.4 is 0 Å². The van der Waals surface area contributed by atoms with E-state index in [4.69, 9.17) is 11.6 Å². The highest BCUT2D eigenvalue weighted by atomic mass is 35.5. The van der Waals surface area contributed by atoms with Gasteiger partial charge in [-0.25, -0.2) is 0 Å². The molecule has 0 radical (unpaired) electrons. The summed E-state index contributed by atoms with van der Waals surface area (Å²) in [6.07, 6.45) is 5.41. The molecule has 48 valence electrons. The Hall–Kier alpha value is 0.290. The summed E-state index contributed by atoms with van der Waals surface area (Å²) < 4.78 is 0. The van der Waals surface area contributed by atoms with Gasteiger partial charge in [-0.2, -0.15) is 0 Å². The van der Waals surface area contributed by atoms with Crippen LogP contribution >= 0.6 is 11.6 Å². The first-order valence-electron chi connectivity index (χ1n) is 3.39. The molecular weight excluding hydrogens is 120 g/mol. The fourth-order valence-corrected chi connectivity index (χ4v) is 1.71. The van der Waals surface area contributed by atoms with Gasteiger partial charge in [-0.3, -0.25) is 0 Å². The van der Waals surface area contributed by atoms with Crippen molar-refractivity contribution in [3.05, 3.63) is 0 Å². The summed E-state index contributed by atoms with van der Waals surface area (Å²) in [5.41, 5.74) is 0.571. The Morgan fingerprint density at radius 3 is 2.12 bits per heavy atom. The molecule has 0 unspecified atom stereocenters. The minimum Gasteiger partial charge on any atom is -0.126 e. The van der Waals surface area contributed by atoms with Crippen LogP contribution in [0.3, 0.4) is 0 Å². The quantitative estimate of drug-likeness (QED) is 0.507. The van der Waals surface area contributed by atoms with Crippen LogP contribution in [-0.2, 0) is 0 Å². The molecule has 1 aliphatic carbocycles. The third-order valence-electron chi connectivity index (χ3n) is 2.45. The van der Waals surface area contributed by atoms with Gasteiger partial charge in [0.05, 0.1) is 0 Å². The standard InChI is InChI=1S/C7H13Cl/c1-2-7(6-8)4-3-5-7/h2-6H2,1H3. The van der Waals surface area contributed by atoms with Crippen molar-refractivity contribution in [1.82, 2.24) is 0 Å². The van der Waals surface area contributed by atoms with Crippen molar-refractivity contribution in [3.63, 3.8) is 0 Å². The van der Waals surface area contributed by atoms with Crippen molar-refractivity contribution in [3.8, 4) is 0 Å². The minimum atomic E-state index is 0.571. The Balaban J connectivity index is 2.33. The third-order valence-corrected chi connectivity index (χ3v) is 3.01. The lowest BCUT2D eigenvalue weighted by Gasteiger charge is -2.39. The van der Waals surface area contributed by atoms with Gasteiger partial charge in [0, 0.05) is 5.88 Å². The van der Waals surface area contributed by atoms with Crippen LogP contribution in [0.15, 0.2) is 0 Å². The number of halogens is 1. The van der Waals surface area contributed by atoms with E-state index in [1.165, 1.54) is 25.7 Å². The maximum absolute atomic E-state index is 5.76. The summed E-state index contributed by atoms with van der Waals surface area (Å²) in [6.45, 7) is 2.24. The molecule has 1 fully saturated rings. The summed E-state index contributed by atoms with van der Waals surface area (Å²) >= 11 is 5.76. The molecule has 0 bridgehead atoms. The zero-order chi connectivity index (χ0) is 6.04. The molecule has 0 saturated heterocycles. The highest BCUT2D eigenvalue weighted by molar-refractivity contribution is 6.18. The fourth-order valence-electron chi connectivity index (χ4n) is 1.26. The first-order valence-corrected chi connectivity index (χ1v) is 3.92. The molecule has 1 rings (SSSR count). The number of hydrogen-bond acceptors (Lipinski definition) is 0. The monoisotopic (exact) mass is 132 g/mol. The molecular formula is C7H13Cl. The molecule has 1 heteroatoms. The molecule has 0 aliphatic heterocycles. The topological polar surface area (TPSA) is 0 Å². The lowest BCUT2D eigenvalue weighted by molar-refractivity contribution is 0.159. The maximum atomic E-state index is 5.76. The van der Waals surface area contributed by atoms with Crippen LogP contribution in [-0.4, -0.2) is 5.88 Å². The first-order chi connectivity index (χ1) is 3.83. The van der Waals surface area contributed by atoms with Crippen LogP contribution in [0, 0.1) is 5.41 Å². The number of alkyl halides is 1. The van der Waals surface area contributed by atoms with Gasteiger partial charge >= 0.3 is 0 Å². The van der Waals surface area contributed by atoms with Gasteiger partial charge in [-0.15, -0.1) is 11.6 Å². The van der Waals surface area contributed by atoms with Crippen molar-refractivity contribution in [2.24, 2.45) is 5.41 Å². The molecule has 0 heterocycles. The number of rotatable bonds is 2. The average Bonchev–Trinajstić information content (AvgIpc) is 1.67. The van der Waals surface area contributed by atoms with Gasteiger partial charge in [-0.1, -0.05) is 13.3 Å². The molecule has 0 N–H and O–H groups in total. The van der Waals surface area contributed by atoms with E-state index in [0.29, 0.717) is 5.41 Å². The van der Waals surface area contributed by atoms with Gasteiger partial charge in [0.2, 0.25) is 0 Å². The summed E-state index contributed by atoms with van der Waals surface area (Å²) in [5, 5.41) is 0. The summed E-state index contributed by atoms with van der Waals surface area (Å²) in [5.74, 6) is 0.878. The molecule has 1 aliphatic rings. The van der Waals surface area contributed by atoms with Crippen LogP contribution in [0.2, 0.25) is 0 Å². The first kappa shape index (κ1) is 6.41. The highest BCUT2D eigenvalue weighted by Gasteiger charge is 2.33. The summed E-state index contributed by atoms with van der Waals surface area (Å²) in [6, 6.07) is 0. The predicted octanol–water partition coefficient (Wildman–Crippen LogP) is 2.81. The molecule has 8 heavy (non-hydrogen) atoms. The van der Waals surface area contributed by atoms with E-state index < -0.39 is 0 Å². The normalized spacial score (nSPS) is 24.8. The van der Waals surface area contributed by atoms with Crippen LogP contribution in [0.4, 0.5) is 0 Å². The average molecular weight is 133 g/mol. The van der Waals surface area contributed by atoms with E-state index in [9.17, 15) is 0 Å². The van der Waals surface area contributed by atoms with Gasteiger partial charge in [0.1, 0.15) is 0 Å². The Morgan fingerprint density at radius 2 is 2.12 bits per heavy atom. The smallest absolute Gasteiger partial charge is 0.0279 e. The van der Waals surface area contributed by atoms with E-state index in [2.05, 4.69) is 6.92 Å². The van der Waals surface area contributed by atoms with E-state index in [-0.39, 0.29) is 0 Å². The largest absolute Gasteiger partial charge is 0.126 e. The second kappa shape index (κ2) is 2.26. The Morgan fingerprint density at radius 1 is 1.50 bits per heavy atom. The van der Waals surface area contributed by atoms with Crippen LogP contribution in [0.1, 0.15) is 32.6 Å². The second-order valence-corrected chi connectivity index (χ2v) is 3.11. The SMILES string of the molecule is CCC1(CCl)CCC1. The minimum absolute atomic E-state index is 0.571. The number of hydrogen-bond donors (Lipinski definition) is 0. The molecule has 0 spiro atoms. The summed E-state index contributed by atoms with van der Waals surface area (Å²) in [7, 11) is 0. The van der Waals surface area contributed by atoms with Crippen molar-refractivity contribution >= 4 is 11.6 Å². The predicted molar refractivity (Wildman–Crippen MR) is 37.3 cm³/mol. The van der Waals surface area contributed by atoms with E-state index in [0.717, 1.165) is 5.88 Å². The Bertz CT molecular complexity index is 60.9. The van der Waals surface area contributed by atoms with Crippen molar-refractivity contribution < 1.29 is 0 Å².